The molecule has 0 saturated carbocycles. The van der Waals surface area contributed by atoms with Gasteiger partial charge in [-0.05, 0) is 85.6 Å². The normalized spacial score (nSPS) is 13.1. The smallest absolute Gasteiger partial charge is 0.194 e. The lowest BCUT2D eigenvalue weighted by Crippen LogP contribution is -2.12. The van der Waals surface area contributed by atoms with Crippen LogP contribution < -0.4 is 0 Å². The maximum absolute atomic E-state index is 13.6. The van der Waals surface area contributed by atoms with E-state index < -0.39 is 0 Å². The molecule has 0 spiro atoms. The Morgan fingerprint density at radius 3 is 1.20 bits per heavy atom. The first-order valence-electron chi connectivity index (χ1n) is 12.7. The fourth-order valence-corrected chi connectivity index (χ4v) is 10.0. The fraction of sp³-hybridized carbons (Fsp3) is 0. The molecule has 6 aromatic rings. The number of carbonyl (C=O) groups is 2. The Morgan fingerprint density at radius 1 is 0.415 bits per heavy atom. The zero-order valence-electron chi connectivity index (χ0n) is 20.8. The SMILES string of the molecule is O=C1c2ccccc2-c2c(Sc3c(Br)c(Br)c4cccc5c4c3-c3ccccc3C5=O)c(Br)c(Br)c3cccc1c23. The number of rotatable bonds is 2. The van der Waals surface area contributed by atoms with Crippen LogP contribution in [0.1, 0.15) is 31.8 Å². The Labute approximate surface area is 273 Å². The number of hydrogen-bond acceptors (Lipinski definition) is 3. The van der Waals surface area contributed by atoms with Gasteiger partial charge >= 0.3 is 0 Å². The van der Waals surface area contributed by atoms with Gasteiger partial charge in [0.2, 0.25) is 0 Å². The van der Waals surface area contributed by atoms with Gasteiger partial charge in [-0.25, -0.2) is 0 Å². The number of carbonyl (C=O) groups excluding carboxylic acids is 2. The van der Waals surface area contributed by atoms with E-state index in [-0.39, 0.29) is 11.6 Å². The van der Waals surface area contributed by atoms with E-state index in [1.807, 2.05) is 84.9 Å². The van der Waals surface area contributed by atoms with Crippen LogP contribution in [0, 0.1) is 0 Å². The molecule has 0 amide bonds. The summed E-state index contributed by atoms with van der Waals surface area (Å²) in [4.78, 5) is 29.3. The van der Waals surface area contributed by atoms with Crippen LogP contribution in [0.2, 0.25) is 0 Å². The Hall–Kier alpha value is -2.55. The van der Waals surface area contributed by atoms with Crippen molar-refractivity contribution < 1.29 is 9.59 Å². The van der Waals surface area contributed by atoms with Crippen molar-refractivity contribution in [3.05, 3.63) is 125 Å². The fourth-order valence-electron chi connectivity index (χ4n) is 6.17. The summed E-state index contributed by atoms with van der Waals surface area (Å²) in [5.41, 5.74) is 6.66. The third kappa shape index (κ3) is 3.53. The number of halogens is 4. The molecular formula is C34H14Br4O2S. The van der Waals surface area contributed by atoms with E-state index in [9.17, 15) is 9.59 Å². The van der Waals surface area contributed by atoms with Crippen LogP contribution in [-0.4, -0.2) is 11.6 Å². The first-order chi connectivity index (χ1) is 19.9. The molecule has 0 saturated heterocycles. The van der Waals surface area contributed by atoms with Crippen LogP contribution in [0.15, 0.2) is 113 Å². The zero-order valence-corrected chi connectivity index (χ0v) is 28.0. The average Bonchev–Trinajstić information content (AvgIpc) is 3.00. The summed E-state index contributed by atoms with van der Waals surface area (Å²) in [7, 11) is 0. The van der Waals surface area contributed by atoms with Gasteiger partial charge < -0.3 is 0 Å². The van der Waals surface area contributed by atoms with Crippen molar-refractivity contribution in [2.75, 3.05) is 0 Å². The predicted molar refractivity (Wildman–Crippen MR) is 181 cm³/mol. The zero-order chi connectivity index (χ0) is 28.2. The minimum absolute atomic E-state index is 0.0330. The first-order valence-corrected chi connectivity index (χ1v) is 16.7. The molecular weight excluding hydrogens is 792 g/mol. The maximum atomic E-state index is 13.6. The Kier molecular flexibility index (Phi) is 6.04. The van der Waals surface area contributed by atoms with Crippen molar-refractivity contribution in [1.82, 2.24) is 0 Å². The minimum atomic E-state index is 0.0330. The van der Waals surface area contributed by atoms with Gasteiger partial charge in [-0.15, -0.1) is 0 Å². The molecule has 0 atom stereocenters. The quantitative estimate of drug-likeness (QED) is 0.175. The van der Waals surface area contributed by atoms with E-state index in [0.29, 0.717) is 22.3 Å². The number of hydrogen-bond donors (Lipinski definition) is 0. The first kappa shape index (κ1) is 26.1. The monoisotopic (exact) mass is 802 g/mol. The molecule has 2 aliphatic rings. The Balaban J connectivity index is 1.52. The molecule has 196 valence electrons. The van der Waals surface area contributed by atoms with Crippen molar-refractivity contribution in [2.45, 2.75) is 9.79 Å². The van der Waals surface area contributed by atoms with E-state index in [2.05, 4.69) is 63.7 Å². The van der Waals surface area contributed by atoms with Crippen molar-refractivity contribution in [3.63, 3.8) is 0 Å². The van der Waals surface area contributed by atoms with Gasteiger partial charge in [0.15, 0.2) is 11.6 Å². The summed E-state index contributed by atoms with van der Waals surface area (Å²) in [6.07, 6.45) is 0. The van der Waals surface area contributed by atoms with Gasteiger partial charge in [-0.3, -0.25) is 9.59 Å². The van der Waals surface area contributed by atoms with Gasteiger partial charge in [0, 0.05) is 71.8 Å². The summed E-state index contributed by atoms with van der Waals surface area (Å²) in [5.74, 6) is 0.0661. The molecule has 0 bridgehead atoms. The summed E-state index contributed by atoms with van der Waals surface area (Å²) in [6.45, 7) is 0. The molecule has 0 aromatic heterocycles. The van der Waals surface area contributed by atoms with Gasteiger partial charge in [-0.1, -0.05) is 96.7 Å². The van der Waals surface area contributed by atoms with Crippen LogP contribution >= 0.6 is 75.5 Å². The van der Waals surface area contributed by atoms with Crippen LogP contribution in [-0.2, 0) is 0 Å². The number of fused-ring (bicyclic) bond motifs is 4. The molecule has 2 nitrogen and oxygen atoms in total. The van der Waals surface area contributed by atoms with E-state index in [1.165, 1.54) is 0 Å². The third-order valence-corrected chi connectivity index (χ3v) is 14.0. The Morgan fingerprint density at radius 2 is 0.780 bits per heavy atom. The molecule has 0 radical (unpaired) electrons. The second-order valence-corrected chi connectivity index (χ2v) is 14.2. The summed E-state index contributed by atoms with van der Waals surface area (Å²) >= 11 is 17.2. The van der Waals surface area contributed by atoms with Crippen LogP contribution in [0.5, 0.6) is 0 Å². The highest BCUT2D eigenvalue weighted by atomic mass is 79.9. The molecule has 0 heterocycles. The van der Waals surface area contributed by atoms with E-state index in [4.69, 9.17) is 0 Å². The van der Waals surface area contributed by atoms with Gasteiger partial charge in [0.25, 0.3) is 0 Å². The lowest BCUT2D eigenvalue weighted by molar-refractivity contribution is 0.103. The van der Waals surface area contributed by atoms with E-state index in [0.717, 1.165) is 71.5 Å². The highest BCUT2D eigenvalue weighted by molar-refractivity contribution is 9.13. The highest BCUT2D eigenvalue weighted by Crippen LogP contribution is 2.57. The lowest BCUT2D eigenvalue weighted by Gasteiger charge is -2.27. The molecule has 2 aliphatic carbocycles. The van der Waals surface area contributed by atoms with Crippen LogP contribution in [0.3, 0.4) is 0 Å². The lowest BCUT2D eigenvalue weighted by atomic mass is 9.83. The van der Waals surface area contributed by atoms with Crippen molar-refractivity contribution >= 4 is 109 Å². The molecule has 0 unspecified atom stereocenters. The molecule has 7 heteroatoms. The van der Waals surface area contributed by atoms with Crippen LogP contribution in [0.4, 0.5) is 0 Å². The highest BCUT2D eigenvalue weighted by Gasteiger charge is 2.33. The molecule has 0 N–H and O–H groups in total. The molecule has 0 aliphatic heterocycles. The molecule has 0 fully saturated rings. The van der Waals surface area contributed by atoms with Gasteiger partial charge in [-0.2, -0.15) is 0 Å². The summed E-state index contributed by atoms with van der Waals surface area (Å²) in [6, 6.07) is 27.5. The standard InChI is InChI=1S/C34H14Br4O2S/c35-27-19-11-5-13-21-23(19)25(15-7-1-3-9-17(15)31(21)39)33(29(27)37)41-34-26-16-8-2-4-10-18(16)32(40)22-14-6-12-20(24(22)26)28(36)30(34)38/h1-14H. The van der Waals surface area contributed by atoms with Gasteiger partial charge in [0.1, 0.15) is 0 Å². The van der Waals surface area contributed by atoms with Gasteiger partial charge in [0.05, 0.1) is 0 Å². The van der Waals surface area contributed by atoms with Crippen molar-refractivity contribution in [1.29, 1.82) is 0 Å². The summed E-state index contributed by atoms with van der Waals surface area (Å²) in [5, 5.41) is 3.84. The van der Waals surface area contributed by atoms with Crippen LogP contribution in [0.25, 0.3) is 43.8 Å². The predicted octanol–water partition coefficient (Wildman–Crippen LogP) is 11.6. The van der Waals surface area contributed by atoms with E-state index in [1.54, 1.807) is 11.8 Å². The largest absolute Gasteiger partial charge is 0.289 e. The Bertz CT molecular complexity index is 2060. The molecule has 41 heavy (non-hydrogen) atoms. The third-order valence-electron chi connectivity index (χ3n) is 7.92. The minimum Gasteiger partial charge on any atom is -0.289 e. The number of benzene rings is 6. The molecule has 8 rings (SSSR count). The second kappa shape index (κ2) is 9.48. The number of ketones is 2. The molecule has 6 aromatic carbocycles. The maximum Gasteiger partial charge on any atom is 0.194 e. The topological polar surface area (TPSA) is 34.1 Å². The van der Waals surface area contributed by atoms with Crippen molar-refractivity contribution in [3.8, 4) is 22.3 Å². The van der Waals surface area contributed by atoms with E-state index >= 15 is 0 Å². The average molecular weight is 806 g/mol. The van der Waals surface area contributed by atoms with Crippen molar-refractivity contribution in [2.24, 2.45) is 0 Å². The summed E-state index contributed by atoms with van der Waals surface area (Å²) < 4.78 is 3.62. The second-order valence-electron chi connectivity index (χ2n) is 9.97.